The average Bonchev–Trinajstić information content (AvgIpc) is 3.02. The fourth-order valence-electron chi connectivity index (χ4n) is 2.72. The van der Waals surface area contributed by atoms with Crippen molar-refractivity contribution in [1.82, 2.24) is 25.0 Å². The molecule has 0 amide bonds. The van der Waals surface area contributed by atoms with Gasteiger partial charge in [-0.1, -0.05) is 31.5 Å². The maximum atomic E-state index is 6.12. The smallest absolute Gasteiger partial charge is 0.278 e. The average molecular weight is 347 g/mol. The van der Waals surface area contributed by atoms with Crippen LogP contribution in [-0.4, -0.2) is 62.8 Å². The summed E-state index contributed by atoms with van der Waals surface area (Å²) in [6.07, 6.45) is 8.88. The monoisotopic (exact) mass is 347 g/mol. The lowest BCUT2D eigenvalue weighted by atomic mass is 10.2. The summed E-state index contributed by atoms with van der Waals surface area (Å²) in [5.41, 5.74) is 1.35. The Hall–Kier alpha value is -2.18. The highest BCUT2D eigenvalue weighted by Crippen LogP contribution is 2.07. The van der Waals surface area contributed by atoms with E-state index in [0.29, 0.717) is 5.65 Å². The number of amidine groups is 1. The van der Waals surface area contributed by atoms with Gasteiger partial charge in [-0.15, -0.1) is 5.10 Å². The van der Waals surface area contributed by atoms with E-state index in [1.807, 2.05) is 30.8 Å². The van der Waals surface area contributed by atoms with E-state index in [9.17, 15) is 0 Å². The van der Waals surface area contributed by atoms with Gasteiger partial charge < -0.3 is 0 Å². The van der Waals surface area contributed by atoms with Crippen LogP contribution in [0.2, 0.25) is 0 Å². The van der Waals surface area contributed by atoms with E-state index in [0.717, 1.165) is 37.5 Å². The Morgan fingerprint density at radius 2 is 1.80 bits per heavy atom. The van der Waals surface area contributed by atoms with Crippen LogP contribution in [0.4, 0.5) is 0 Å². The number of nitrogens with zero attached hydrogens (tertiary/aromatic N) is 6. The Morgan fingerprint density at radius 1 is 1.12 bits per heavy atom. The van der Waals surface area contributed by atoms with Gasteiger partial charge in [0, 0.05) is 6.20 Å². The Kier molecular flexibility index (Phi) is 7.63. The molecule has 0 aliphatic carbocycles. The summed E-state index contributed by atoms with van der Waals surface area (Å²) in [4.78, 5) is 14.1. The summed E-state index contributed by atoms with van der Waals surface area (Å²) >= 11 is 0. The van der Waals surface area contributed by atoms with Crippen LogP contribution in [0, 0.1) is 0 Å². The third-order valence-corrected chi connectivity index (χ3v) is 4.08. The number of fused-ring (bicyclic) bond motifs is 1. The molecule has 0 unspecified atom stereocenters. The van der Waals surface area contributed by atoms with Crippen LogP contribution < -0.4 is 4.84 Å². The lowest BCUT2D eigenvalue weighted by Crippen LogP contribution is -2.44. The van der Waals surface area contributed by atoms with Crippen molar-refractivity contribution in [1.29, 1.82) is 0 Å². The van der Waals surface area contributed by atoms with Gasteiger partial charge in [-0.25, -0.2) is 14.5 Å². The second-order valence-corrected chi connectivity index (χ2v) is 6.48. The molecule has 0 bridgehead atoms. The van der Waals surface area contributed by atoms with E-state index < -0.39 is 0 Å². The molecule has 0 N–H and O–H groups in total. The first-order valence-electron chi connectivity index (χ1n) is 9.31. The molecule has 0 spiro atoms. The molecule has 0 atom stereocenters. The summed E-state index contributed by atoms with van der Waals surface area (Å²) in [6, 6.07) is 4.57. The van der Waals surface area contributed by atoms with Crippen LogP contribution >= 0.6 is 0 Å². The number of aromatic nitrogens is 4. The molecule has 0 radical (unpaired) electrons. The normalized spacial score (nSPS) is 10.9. The van der Waals surface area contributed by atoms with Crippen LogP contribution in [0.5, 0.6) is 0 Å². The standard InChI is InChI=1S/C18H31N6O/c1-5-7-9-14-23(15-10-8-6-2)18(22(3)4)25-24-16-12-11-13-19-17(16)20-21-24/h11-13H,5-10,14-15H2,1-4H3/q+1. The minimum atomic E-state index is 0.587. The minimum absolute atomic E-state index is 0.587. The lowest BCUT2D eigenvalue weighted by molar-refractivity contribution is -0.481. The van der Waals surface area contributed by atoms with Crippen molar-refractivity contribution in [3.8, 4) is 0 Å². The van der Waals surface area contributed by atoms with Gasteiger partial charge in [0.15, 0.2) is 5.52 Å². The maximum absolute atomic E-state index is 6.12. The van der Waals surface area contributed by atoms with Crippen LogP contribution in [0.1, 0.15) is 52.4 Å². The quantitative estimate of drug-likeness (QED) is 0.302. The number of hydrogen-bond donors (Lipinski definition) is 0. The van der Waals surface area contributed by atoms with Gasteiger partial charge in [0.05, 0.1) is 27.2 Å². The van der Waals surface area contributed by atoms with E-state index in [1.54, 1.807) is 6.20 Å². The summed E-state index contributed by atoms with van der Waals surface area (Å²) in [7, 11) is 4.00. The molecule has 0 saturated carbocycles. The summed E-state index contributed by atoms with van der Waals surface area (Å²) in [6.45, 7) is 6.41. The van der Waals surface area contributed by atoms with Crippen molar-refractivity contribution < 1.29 is 9.41 Å². The largest absolute Gasteiger partial charge is 0.472 e. The fraction of sp³-hybridized carbons (Fsp3) is 0.667. The third-order valence-electron chi connectivity index (χ3n) is 4.08. The van der Waals surface area contributed by atoms with Crippen molar-refractivity contribution >= 4 is 17.2 Å². The molecule has 2 heterocycles. The van der Waals surface area contributed by atoms with Gasteiger partial charge in [-0.3, -0.25) is 4.84 Å². The van der Waals surface area contributed by atoms with Crippen LogP contribution in [0.15, 0.2) is 18.3 Å². The SMILES string of the molecule is CCCCCN(CCCCC)C(On1nnc2ncccc21)=[N+](C)C. The van der Waals surface area contributed by atoms with Gasteiger partial charge in [0.1, 0.15) is 0 Å². The van der Waals surface area contributed by atoms with E-state index in [-0.39, 0.29) is 0 Å². The molecule has 138 valence electrons. The van der Waals surface area contributed by atoms with Gasteiger partial charge in [-0.05, 0) is 43.0 Å². The maximum Gasteiger partial charge on any atom is 0.472 e. The Labute approximate surface area is 150 Å². The molecule has 25 heavy (non-hydrogen) atoms. The molecule has 2 rings (SSSR count). The molecular weight excluding hydrogens is 316 g/mol. The number of rotatable bonds is 9. The van der Waals surface area contributed by atoms with Crippen molar-refractivity contribution in [3.63, 3.8) is 0 Å². The summed E-state index contributed by atoms with van der Waals surface area (Å²) in [5.74, 6) is 0. The van der Waals surface area contributed by atoms with E-state index in [4.69, 9.17) is 4.84 Å². The third kappa shape index (κ3) is 5.41. The Morgan fingerprint density at radius 3 is 2.40 bits per heavy atom. The summed E-state index contributed by atoms with van der Waals surface area (Å²) in [5, 5.41) is 8.17. The zero-order chi connectivity index (χ0) is 18.1. The molecule has 0 aliphatic heterocycles. The van der Waals surface area contributed by atoms with Crippen molar-refractivity contribution in [2.24, 2.45) is 0 Å². The fourth-order valence-corrected chi connectivity index (χ4v) is 2.72. The number of unbranched alkanes of at least 4 members (excludes halogenated alkanes) is 4. The minimum Gasteiger partial charge on any atom is -0.278 e. The molecule has 2 aromatic rings. The van der Waals surface area contributed by atoms with Crippen LogP contribution in [-0.2, 0) is 0 Å². The zero-order valence-corrected chi connectivity index (χ0v) is 16.0. The topological polar surface area (TPSA) is 59.1 Å². The molecule has 0 fully saturated rings. The van der Waals surface area contributed by atoms with E-state index in [1.165, 1.54) is 30.5 Å². The van der Waals surface area contributed by atoms with Crippen molar-refractivity contribution in [3.05, 3.63) is 18.3 Å². The van der Waals surface area contributed by atoms with E-state index >= 15 is 0 Å². The molecule has 0 aromatic carbocycles. The molecule has 7 heteroatoms. The number of hydrogen-bond acceptors (Lipinski definition) is 4. The van der Waals surface area contributed by atoms with Crippen LogP contribution in [0.25, 0.3) is 11.2 Å². The predicted octanol–water partition coefficient (Wildman–Crippen LogP) is 2.57. The molecule has 7 nitrogen and oxygen atoms in total. The first-order valence-corrected chi connectivity index (χ1v) is 9.31. The molecule has 0 saturated heterocycles. The van der Waals surface area contributed by atoms with Gasteiger partial charge >= 0.3 is 6.02 Å². The predicted molar refractivity (Wildman–Crippen MR) is 99.6 cm³/mol. The molecular formula is C18H31N6O+. The highest BCUT2D eigenvalue weighted by molar-refractivity contribution is 5.72. The highest BCUT2D eigenvalue weighted by Gasteiger charge is 2.24. The Bertz CT molecular complexity index is 667. The zero-order valence-electron chi connectivity index (χ0n) is 16.0. The number of pyridine rings is 1. The lowest BCUT2D eigenvalue weighted by Gasteiger charge is -2.19. The first-order chi connectivity index (χ1) is 12.2. The highest BCUT2D eigenvalue weighted by atomic mass is 16.7. The molecule has 0 aliphatic rings. The van der Waals surface area contributed by atoms with Gasteiger partial charge in [-0.2, -0.15) is 0 Å². The van der Waals surface area contributed by atoms with Crippen molar-refractivity contribution in [2.45, 2.75) is 52.4 Å². The van der Waals surface area contributed by atoms with Crippen molar-refractivity contribution in [2.75, 3.05) is 27.2 Å². The van der Waals surface area contributed by atoms with E-state index in [2.05, 4.69) is 34.0 Å². The second-order valence-electron chi connectivity index (χ2n) is 6.48. The summed E-state index contributed by atoms with van der Waals surface area (Å²) < 4.78 is 2.00. The Balaban J connectivity index is 2.18. The first kappa shape index (κ1) is 19.1. The van der Waals surface area contributed by atoms with Crippen LogP contribution in [0.3, 0.4) is 0 Å². The van der Waals surface area contributed by atoms with Gasteiger partial charge in [0.25, 0.3) is 0 Å². The second kappa shape index (κ2) is 9.96. The van der Waals surface area contributed by atoms with Gasteiger partial charge in [0.2, 0.25) is 5.65 Å². The molecule has 2 aromatic heterocycles.